The average molecular weight is 398 g/mol. The van der Waals surface area contributed by atoms with Crippen molar-refractivity contribution in [1.29, 1.82) is 0 Å². The minimum atomic E-state index is -0.247. The number of para-hydroxylation sites is 2. The smallest absolute Gasteiger partial charge is 0.252 e. The Kier molecular flexibility index (Phi) is 5.71. The van der Waals surface area contributed by atoms with Crippen LogP contribution in [0.4, 0.5) is 0 Å². The third-order valence-corrected chi connectivity index (χ3v) is 5.56. The summed E-state index contributed by atoms with van der Waals surface area (Å²) in [7, 11) is 0. The van der Waals surface area contributed by atoms with Crippen molar-refractivity contribution >= 4 is 23.6 Å². The van der Waals surface area contributed by atoms with Gasteiger partial charge in [0, 0.05) is 10.9 Å². The summed E-state index contributed by atoms with van der Waals surface area (Å²) >= 11 is 1.38. The zero-order chi connectivity index (χ0) is 19.3. The van der Waals surface area contributed by atoms with Gasteiger partial charge >= 0.3 is 0 Å². The van der Waals surface area contributed by atoms with E-state index in [4.69, 9.17) is 9.47 Å². The Morgan fingerprint density at radius 2 is 1.79 bits per heavy atom. The first-order valence-corrected chi connectivity index (χ1v) is 10.4. The monoisotopic (exact) mass is 398 g/mol. The van der Waals surface area contributed by atoms with E-state index < -0.39 is 0 Å². The molecule has 0 spiro atoms. The van der Waals surface area contributed by atoms with Gasteiger partial charge in [-0.25, -0.2) is 0 Å². The average Bonchev–Trinajstić information content (AvgIpc) is 3.54. The Labute approximate surface area is 168 Å². The van der Waals surface area contributed by atoms with Crippen LogP contribution in [0.25, 0.3) is 0 Å². The highest BCUT2D eigenvalue weighted by atomic mass is 32.2. The molecule has 1 saturated carbocycles. The van der Waals surface area contributed by atoms with Crippen LogP contribution in [0.3, 0.4) is 0 Å². The summed E-state index contributed by atoms with van der Waals surface area (Å²) < 4.78 is 11.5. The molecule has 0 saturated heterocycles. The highest BCUT2D eigenvalue weighted by Gasteiger charge is 2.24. The number of nitrogens with one attached hydrogen (secondary N) is 2. The molecule has 146 valence electrons. The second-order valence-electron chi connectivity index (χ2n) is 6.83. The summed E-state index contributed by atoms with van der Waals surface area (Å²) in [4.78, 5) is 25.4. The highest BCUT2D eigenvalue weighted by Crippen LogP contribution is 2.30. The molecule has 2 amide bonds. The van der Waals surface area contributed by atoms with Crippen LogP contribution < -0.4 is 20.1 Å². The third kappa shape index (κ3) is 4.78. The Morgan fingerprint density at radius 3 is 2.61 bits per heavy atom. The number of ether oxygens (including phenoxy) is 2. The summed E-state index contributed by atoms with van der Waals surface area (Å²) in [6.07, 6.45) is 1.88. The van der Waals surface area contributed by atoms with E-state index in [1.165, 1.54) is 11.8 Å². The second kappa shape index (κ2) is 8.56. The van der Waals surface area contributed by atoms with Gasteiger partial charge in [0.1, 0.15) is 12.7 Å². The summed E-state index contributed by atoms with van der Waals surface area (Å²) in [6.45, 7) is 0.726. The molecule has 1 heterocycles. The van der Waals surface area contributed by atoms with Gasteiger partial charge in [0.2, 0.25) is 5.91 Å². The summed E-state index contributed by atoms with van der Waals surface area (Å²) in [5.74, 6) is 1.53. The van der Waals surface area contributed by atoms with Crippen molar-refractivity contribution < 1.29 is 19.1 Å². The lowest BCUT2D eigenvalue weighted by molar-refractivity contribution is -0.118. The van der Waals surface area contributed by atoms with Crippen molar-refractivity contribution in [2.24, 2.45) is 0 Å². The second-order valence-corrected chi connectivity index (χ2v) is 7.85. The molecule has 6 nitrogen and oxygen atoms in total. The minimum absolute atomic E-state index is 0.00845. The summed E-state index contributed by atoms with van der Waals surface area (Å²) in [5, 5.41) is 5.87. The fourth-order valence-corrected chi connectivity index (χ4v) is 3.75. The molecule has 2 aliphatic rings. The van der Waals surface area contributed by atoms with Crippen molar-refractivity contribution in [3.05, 3.63) is 54.1 Å². The van der Waals surface area contributed by atoms with Gasteiger partial charge in [0.25, 0.3) is 5.91 Å². The Hall–Kier alpha value is -2.67. The van der Waals surface area contributed by atoms with Crippen LogP contribution in [0.5, 0.6) is 11.5 Å². The van der Waals surface area contributed by atoms with Gasteiger partial charge in [-0.3, -0.25) is 9.59 Å². The molecule has 0 radical (unpaired) electrons. The molecule has 0 bridgehead atoms. The van der Waals surface area contributed by atoms with Crippen molar-refractivity contribution in [2.75, 3.05) is 18.9 Å². The van der Waals surface area contributed by atoms with E-state index in [9.17, 15) is 9.59 Å². The van der Waals surface area contributed by atoms with Crippen molar-refractivity contribution in [1.82, 2.24) is 10.6 Å². The molecule has 2 aromatic rings. The zero-order valence-electron chi connectivity index (χ0n) is 15.4. The Bertz CT molecular complexity index is 869. The topological polar surface area (TPSA) is 76.7 Å². The molecule has 28 heavy (non-hydrogen) atoms. The van der Waals surface area contributed by atoms with Gasteiger partial charge in [0.15, 0.2) is 11.5 Å². The van der Waals surface area contributed by atoms with Gasteiger partial charge in [-0.1, -0.05) is 24.3 Å². The molecule has 7 heteroatoms. The van der Waals surface area contributed by atoms with Crippen LogP contribution in [-0.4, -0.2) is 42.9 Å². The molecule has 0 aromatic heterocycles. The largest absolute Gasteiger partial charge is 0.486 e. The fourth-order valence-electron chi connectivity index (χ4n) is 2.89. The van der Waals surface area contributed by atoms with E-state index in [1.54, 1.807) is 6.07 Å². The van der Waals surface area contributed by atoms with E-state index in [1.807, 2.05) is 42.5 Å². The van der Waals surface area contributed by atoms with Gasteiger partial charge in [-0.15, -0.1) is 11.8 Å². The number of hydrogen-bond donors (Lipinski definition) is 2. The summed E-state index contributed by atoms with van der Waals surface area (Å²) in [5.41, 5.74) is 0.559. The van der Waals surface area contributed by atoms with E-state index >= 15 is 0 Å². The fraction of sp³-hybridized carbons (Fsp3) is 0.333. The highest BCUT2D eigenvalue weighted by molar-refractivity contribution is 8.00. The first-order chi connectivity index (χ1) is 13.7. The van der Waals surface area contributed by atoms with E-state index in [2.05, 4.69) is 10.6 Å². The van der Waals surface area contributed by atoms with E-state index in [0.29, 0.717) is 36.3 Å². The van der Waals surface area contributed by atoms with Gasteiger partial charge in [-0.2, -0.15) is 0 Å². The van der Waals surface area contributed by atoms with Crippen LogP contribution in [0.2, 0.25) is 0 Å². The molecule has 1 aliphatic heterocycles. The predicted octanol–water partition coefficient (Wildman–Crippen LogP) is 2.63. The maximum Gasteiger partial charge on any atom is 0.252 e. The molecule has 4 rings (SSSR count). The lowest BCUT2D eigenvalue weighted by Gasteiger charge is -2.26. The predicted molar refractivity (Wildman–Crippen MR) is 107 cm³/mol. The summed E-state index contributed by atoms with van der Waals surface area (Å²) in [6, 6.07) is 15.1. The van der Waals surface area contributed by atoms with Gasteiger partial charge in [0.05, 0.1) is 17.9 Å². The Morgan fingerprint density at radius 1 is 1.04 bits per heavy atom. The molecule has 0 unspecified atom stereocenters. The molecule has 2 N–H and O–H groups in total. The first kappa shape index (κ1) is 18.7. The maximum atomic E-state index is 12.7. The number of hydrogen-bond acceptors (Lipinski definition) is 5. The SMILES string of the molecule is O=C(CSc1ccccc1C(=O)NC[C@@H]1COc2ccccc2O1)NC1CC1. The van der Waals surface area contributed by atoms with Crippen LogP contribution in [-0.2, 0) is 4.79 Å². The number of benzene rings is 2. The third-order valence-electron chi connectivity index (χ3n) is 4.49. The number of amides is 2. The standard InChI is InChI=1S/C21H22N2O4S/c24-20(23-14-9-10-14)13-28-19-8-4-1-5-16(19)21(25)22-11-15-12-26-17-6-2-3-7-18(17)27-15/h1-8,14-15H,9-13H2,(H,22,25)(H,23,24)/t15-/m1/s1. The van der Waals surface area contributed by atoms with Crippen LogP contribution in [0.15, 0.2) is 53.4 Å². The van der Waals surface area contributed by atoms with Crippen molar-refractivity contribution in [3.8, 4) is 11.5 Å². The first-order valence-electron chi connectivity index (χ1n) is 9.37. The van der Waals surface area contributed by atoms with Crippen molar-refractivity contribution in [2.45, 2.75) is 29.9 Å². The molecular formula is C21H22N2O4S. The van der Waals surface area contributed by atoms with E-state index in [-0.39, 0.29) is 17.9 Å². The minimum Gasteiger partial charge on any atom is -0.486 e. The number of carbonyl (C=O) groups excluding carboxylic acids is 2. The maximum absolute atomic E-state index is 12.7. The van der Waals surface area contributed by atoms with E-state index in [0.717, 1.165) is 23.5 Å². The van der Waals surface area contributed by atoms with Crippen molar-refractivity contribution in [3.63, 3.8) is 0 Å². The molecule has 1 fully saturated rings. The van der Waals surface area contributed by atoms with Crippen LogP contribution in [0, 0.1) is 0 Å². The Balaban J connectivity index is 1.31. The molecule has 2 aromatic carbocycles. The lowest BCUT2D eigenvalue weighted by atomic mass is 10.2. The van der Waals surface area contributed by atoms with Gasteiger partial charge < -0.3 is 20.1 Å². The molecular weight excluding hydrogens is 376 g/mol. The molecule has 1 aliphatic carbocycles. The lowest BCUT2D eigenvalue weighted by Crippen LogP contribution is -2.40. The number of fused-ring (bicyclic) bond motifs is 1. The number of thioether (sulfide) groups is 1. The number of carbonyl (C=O) groups is 2. The number of rotatable bonds is 7. The van der Waals surface area contributed by atoms with Gasteiger partial charge in [-0.05, 0) is 37.1 Å². The zero-order valence-corrected chi connectivity index (χ0v) is 16.2. The quantitative estimate of drug-likeness (QED) is 0.701. The molecule has 1 atom stereocenters. The van der Waals surface area contributed by atoms with Crippen LogP contribution >= 0.6 is 11.8 Å². The normalized spacial score (nSPS) is 17.6. The van der Waals surface area contributed by atoms with Crippen LogP contribution in [0.1, 0.15) is 23.2 Å².